The molecule has 3 aromatic rings. The number of phenolic OH excluding ortho intramolecular Hbond substituents is 1. The molecule has 6 heteroatoms. The number of rotatable bonds is 6. The fourth-order valence-corrected chi connectivity index (χ4v) is 5.10. The highest BCUT2D eigenvalue weighted by atomic mass is 35.5. The maximum atomic E-state index is 12.8. The van der Waals surface area contributed by atoms with Gasteiger partial charge in [-0.3, -0.25) is 9.59 Å². The van der Waals surface area contributed by atoms with Crippen molar-refractivity contribution in [3.05, 3.63) is 127 Å². The Bertz CT molecular complexity index is 1500. The first-order chi connectivity index (χ1) is 17.8. The van der Waals surface area contributed by atoms with E-state index < -0.39 is 0 Å². The zero-order valence-corrected chi connectivity index (χ0v) is 21.8. The van der Waals surface area contributed by atoms with Crippen LogP contribution in [0.4, 0.5) is 0 Å². The number of aromatic hydroxyl groups is 1. The van der Waals surface area contributed by atoms with Crippen molar-refractivity contribution in [2.45, 2.75) is 26.2 Å². The van der Waals surface area contributed by atoms with E-state index >= 15 is 0 Å². The molecule has 5 rings (SSSR count). The van der Waals surface area contributed by atoms with E-state index in [0.717, 1.165) is 46.3 Å². The van der Waals surface area contributed by atoms with Gasteiger partial charge in [-0.2, -0.15) is 0 Å². The summed E-state index contributed by atoms with van der Waals surface area (Å²) < 4.78 is 0. The van der Waals surface area contributed by atoms with Crippen molar-refractivity contribution in [1.82, 2.24) is 5.32 Å². The third-order valence-electron chi connectivity index (χ3n) is 6.82. The van der Waals surface area contributed by atoms with E-state index in [4.69, 9.17) is 23.2 Å². The van der Waals surface area contributed by atoms with Crippen molar-refractivity contribution >= 4 is 40.5 Å². The third-order valence-corrected chi connectivity index (χ3v) is 7.41. The van der Waals surface area contributed by atoms with Crippen LogP contribution < -0.4 is 5.32 Å². The van der Waals surface area contributed by atoms with Gasteiger partial charge in [0.2, 0.25) is 0 Å². The first kappa shape index (κ1) is 25.1. The summed E-state index contributed by atoms with van der Waals surface area (Å²) in [6.45, 7) is 2.67. The molecule has 0 bridgehead atoms. The Morgan fingerprint density at radius 1 is 0.973 bits per heavy atom. The van der Waals surface area contributed by atoms with E-state index in [1.54, 1.807) is 36.4 Å². The first-order valence-corrected chi connectivity index (χ1v) is 12.9. The van der Waals surface area contributed by atoms with Gasteiger partial charge < -0.3 is 10.4 Å². The second-order valence-corrected chi connectivity index (χ2v) is 10.0. The molecule has 0 fully saturated rings. The number of ketones is 1. The molecule has 0 aromatic heterocycles. The molecule has 0 saturated heterocycles. The molecule has 1 amide bonds. The quantitative estimate of drug-likeness (QED) is 0.379. The lowest BCUT2D eigenvalue weighted by atomic mass is 9.77. The van der Waals surface area contributed by atoms with Crippen molar-refractivity contribution in [3.63, 3.8) is 0 Å². The number of hydrogen-bond acceptors (Lipinski definition) is 3. The van der Waals surface area contributed by atoms with Crippen LogP contribution in [0.1, 0.15) is 45.1 Å². The van der Waals surface area contributed by atoms with Crippen LogP contribution in [0.25, 0.3) is 5.57 Å². The number of hydrogen-bond donors (Lipinski definition) is 2. The summed E-state index contributed by atoms with van der Waals surface area (Å²) in [4.78, 5) is 25.0. The number of benzene rings is 3. The normalized spacial score (nSPS) is 14.5. The number of carbonyl (C=O) groups excluding carboxylic acids is 2. The van der Waals surface area contributed by atoms with Gasteiger partial charge >= 0.3 is 0 Å². The van der Waals surface area contributed by atoms with Gasteiger partial charge in [-0.05, 0) is 100 Å². The summed E-state index contributed by atoms with van der Waals surface area (Å²) in [5, 5.41) is 13.6. The summed E-state index contributed by atoms with van der Waals surface area (Å²) in [6, 6.07) is 19.1. The molecular formula is C31H25Cl2NO3. The van der Waals surface area contributed by atoms with Gasteiger partial charge in [0.15, 0.2) is 5.78 Å². The van der Waals surface area contributed by atoms with Crippen LogP contribution >= 0.6 is 23.2 Å². The van der Waals surface area contributed by atoms with Gasteiger partial charge in [0.25, 0.3) is 5.91 Å². The maximum absolute atomic E-state index is 12.8. The molecule has 0 heterocycles. The molecule has 4 nitrogen and oxygen atoms in total. The van der Waals surface area contributed by atoms with Crippen LogP contribution in [-0.2, 0) is 24.1 Å². The molecule has 0 aliphatic heterocycles. The number of allylic oxidation sites excluding steroid dienone is 5. The summed E-state index contributed by atoms with van der Waals surface area (Å²) >= 11 is 12.5. The van der Waals surface area contributed by atoms with E-state index in [1.807, 2.05) is 12.1 Å². The van der Waals surface area contributed by atoms with E-state index in [1.165, 1.54) is 11.1 Å². The smallest absolute Gasteiger partial charge is 0.251 e. The summed E-state index contributed by atoms with van der Waals surface area (Å²) in [5.41, 5.74) is 8.12. The zero-order valence-electron chi connectivity index (χ0n) is 20.3. The Hall–Kier alpha value is -3.60. The Kier molecular flexibility index (Phi) is 7.05. The second-order valence-electron chi connectivity index (χ2n) is 9.21. The van der Waals surface area contributed by atoms with Gasteiger partial charge in [-0.25, -0.2) is 0 Å². The lowest BCUT2D eigenvalue weighted by Crippen LogP contribution is -2.25. The average molecular weight is 530 g/mol. The Morgan fingerprint density at radius 2 is 1.68 bits per heavy atom. The number of fused-ring (bicyclic) bond motifs is 2. The fraction of sp³-hybridized carbons (Fsp3) is 0.161. The van der Waals surface area contributed by atoms with E-state index in [2.05, 4.69) is 36.5 Å². The maximum Gasteiger partial charge on any atom is 0.251 e. The highest BCUT2D eigenvalue weighted by molar-refractivity contribution is 6.45. The highest BCUT2D eigenvalue weighted by Gasteiger charge is 2.28. The molecule has 0 saturated carbocycles. The van der Waals surface area contributed by atoms with Gasteiger partial charge in [0.1, 0.15) is 5.75 Å². The number of nitrogens with one attached hydrogen (secondary N) is 1. The number of phenols is 1. The predicted octanol–water partition coefficient (Wildman–Crippen LogP) is 6.57. The first-order valence-electron chi connectivity index (χ1n) is 12.2. The topological polar surface area (TPSA) is 66.4 Å². The summed E-state index contributed by atoms with van der Waals surface area (Å²) in [7, 11) is 0. The SMILES string of the molecule is CCc1ccc(CCNC(=O)c2ccc(C3=C4C=C(Cl)C(=O)C=C4Cc4cc(O)c(Cl)cc43)cc2)cc1. The molecular weight excluding hydrogens is 505 g/mol. The predicted molar refractivity (Wildman–Crippen MR) is 148 cm³/mol. The van der Waals surface area contributed by atoms with Crippen LogP contribution in [-0.4, -0.2) is 23.3 Å². The number of halogens is 2. The van der Waals surface area contributed by atoms with Crippen molar-refractivity contribution in [3.8, 4) is 5.75 Å². The molecule has 0 atom stereocenters. The second kappa shape index (κ2) is 10.4. The van der Waals surface area contributed by atoms with E-state index in [-0.39, 0.29) is 27.5 Å². The zero-order chi connectivity index (χ0) is 26.1. The minimum Gasteiger partial charge on any atom is -0.506 e. The Morgan fingerprint density at radius 3 is 2.38 bits per heavy atom. The van der Waals surface area contributed by atoms with Crippen molar-refractivity contribution in [2.75, 3.05) is 6.54 Å². The van der Waals surface area contributed by atoms with Crippen LogP contribution in [0.15, 0.2) is 89.0 Å². The highest BCUT2D eigenvalue weighted by Crippen LogP contribution is 2.44. The van der Waals surface area contributed by atoms with Crippen molar-refractivity contribution < 1.29 is 14.7 Å². The summed E-state index contributed by atoms with van der Waals surface area (Å²) in [5.74, 6) is -0.388. The van der Waals surface area contributed by atoms with Gasteiger partial charge in [0, 0.05) is 12.1 Å². The monoisotopic (exact) mass is 529 g/mol. The molecule has 2 aliphatic rings. The van der Waals surface area contributed by atoms with Crippen LogP contribution in [0.2, 0.25) is 5.02 Å². The molecule has 0 radical (unpaired) electrons. The number of carbonyl (C=O) groups is 2. The molecule has 0 spiro atoms. The summed E-state index contributed by atoms with van der Waals surface area (Å²) in [6.07, 6.45) is 5.48. The molecule has 37 heavy (non-hydrogen) atoms. The molecule has 2 N–H and O–H groups in total. The van der Waals surface area contributed by atoms with E-state index in [9.17, 15) is 14.7 Å². The van der Waals surface area contributed by atoms with Crippen molar-refractivity contribution in [1.29, 1.82) is 0 Å². The average Bonchev–Trinajstić information content (AvgIpc) is 2.90. The van der Waals surface area contributed by atoms with Crippen LogP contribution in [0, 0.1) is 0 Å². The van der Waals surface area contributed by atoms with Crippen molar-refractivity contribution in [2.24, 2.45) is 0 Å². The van der Waals surface area contributed by atoms with Gasteiger partial charge in [0.05, 0.1) is 10.1 Å². The standard InChI is InChI=1S/C31H25Cl2NO3/c1-2-18-3-5-19(6-4-18)11-12-34-31(37)21-9-7-20(8-10-21)30-24-16-26(32)28(35)14-22(24)13-23-15-29(36)27(33)17-25(23)30/h3-10,14-17,35H,2,11-13H2,1H3,(H,34,37). The molecule has 0 unspecified atom stereocenters. The largest absolute Gasteiger partial charge is 0.506 e. The molecule has 3 aromatic carbocycles. The van der Waals surface area contributed by atoms with E-state index in [0.29, 0.717) is 18.5 Å². The minimum atomic E-state index is -0.241. The number of aryl methyl sites for hydroxylation is 1. The van der Waals surface area contributed by atoms with Crippen LogP contribution in [0.3, 0.4) is 0 Å². The Labute approximate surface area is 225 Å². The van der Waals surface area contributed by atoms with Crippen LogP contribution in [0.5, 0.6) is 5.75 Å². The minimum absolute atomic E-state index is 0.00662. The van der Waals surface area contributed by atoms with Gasteiger partial charge in [-0.1, -0.05) is 66.5 Å². The molecule has 186 valence electrons. The lowest BCUT2D eigenvalue weighted by molar-refractivity contribution is -0.110. The Balaban J connectivity index is 1.40. The third kappa shape index (κ3) is 5.13. The van der Waals surface area contributed by atoms with Gasteiger partial charge in [-0.15, -0.1) is 0 Å². The lowest BCUT2D eigenvalue weighted by Gasteiger charge is -2.27. The number of amides is 1. The molecule has 2 aliphatic carbocycles. The fourth-order valence-electron chi connectivity index (χ4n) is 4.77.